The van der Waals surface area contributed by atoms with E-state index >= 15 is 0 Å². The summed E-state index contributed by atoms with van der Waals surface area (Å²) >= 11 is 1.32. The predicted molar refractivity (Wildman–Crippen MR) is 104 cm³/mol. The second kappa shape index (κ2) is 10.6. The molecule has 0 aliphatic heterocycles. The monoisotopic (exact) mass is 368 g/mol. The molecule has 0 aliphatic carbocycles. The molecule has 1 amide bonds. The number of carbonyl (C=O) groups excluding carboxylic acids is 1. The summed E-state index contributed by atoms with van der Waals surface area (Å²) in [5.41, 5.74) is 0.565. The van der Waals surface area contributed by atoms with E-state index in [0.29, 0.717) is 10.9 Å². The van der Waals surface area contributed by atoms with E-state index in [2.05, 4.69) is 29.0 Å². The highest BCUT2D eigenvalue weighted by molar-refractivity contribution is 8.00. The fourth-order valence-electron chi connectivity index (χ4n) is 2.54. The molecule has 0 radical (unpaired) electrons. The van der Waals surface area contributed by atoms with Gasteiger partial charge in [-0.25, -0.2) is 4.98 Å². The van der Waals surface area contributed by atoms with Crippen molar-refractivity contribution in [2.75, 3.05) is 19.6 Å². The molecule has 1 rings (SSSR count). The Labute approximate surface area is 155 Å². The predicted octanol–water partition coefficient (Wildman–Crippen LogP) is 2.20. The van der Waals surface area contributed by atoms with Crippen LogP contribution in [0.15, 0.2) is 16.0 Å². The SMILES string of the molecule is CCN(CC)CCCC(C)NC(=O)C(C)Sc1nc(C)cc(=O)n1C. The third-order valence-corrected chi connectivity index (χ3v) is 5.41. The molecule has 142 valence electrons. The molecule has 1 heterocycles. The molecule has 1 aromatic rings. The third kappa shape index (κ3) is 7.20. The summed E-state index contributed by atoms with van der Waals surface area (Å²) in [6.45, 7) is 13.2. The first-order valence-electron chi connectivity index (χ1n) is 9.02. The van der Waals surface area contributed by atoms with E-state index in [-0.39, 0.29) is 22.8 Å². The van der Waals surface area contributed by atoms with E-state index in [1.165, 1.54) is 22.4 Å². The highest BCUT2D eigenvalue weighted by Gasteiger charge is 2.19. The van der Waals surface area contributed by atoms with Gasteiger partial charge in [-0.15, -0.1) is 0 Å². The Balaban J connectivity index is 2.50. The lowest BCUT2D eigenvalue weighted by Crippen LogP contribution is -2.38. The quantitative estimate of drug-likeness (QED) is 0.506. The van der Waals surface area contributed by atoms with Crippen molar-refractivity contribution in [2.45, 2.75) is 63.9 Å². The van der Waals surface area contributed by atoms with Gasteiger partial charge in [-0.05, 0) is 53.2 Å². The molecular weight excluding hydrogens is 336 g/mol. The van der Waals surface area contributed by atoms with Crippen molar-refractivity contribution >= 4 is 17.7 Å². The number of hydrogen-bond acceptors (Lipinski definition) is 5. The second-order valence-corrected chi connectivity index (χ2v) is 7.72. The molecule has 1 aromatic heterocycles. The highest BCUT2D eigenvalue weighted by Crippen LogP contribution is 2.20. The molecule has 25 heavy (non-hydrogen) atoms. The zero-order valence-corrected chi connectivity index (χ0v) is 17.2. The summed E-state index contributed by atoms with van der Waals surface area (Å²) < 4.78 is 1.48. The molecule has 0 saturated carbocycles. The zero-order valence-electron chi connectivity index (χ0n) is 16.3. The van der Waals surface area contributed by atoms with Crippen molar-refractivity contribution in [3.8, 4) is 0 Å². The normalized spacial score (nSPS) is 13.7. The summed E-state index contributed by atoms with van der Waals surface area (Å²) in [6, 6.07) is 1.63. The lowest BCUT2D eigenvalue weighted by molar-refractivity contribution is -0.120. The number of hydrogen-bond donors (Lipinski definition) is 1. The molecule has 7 heteroatoms. The Morgan fingerprint density at radius 3 is 2.60 bits per heavy atom. The minimum absolute atomic E-state index is 0.0175. The molecule has 0 aromatic carbocycles. The molecular formula is C18H32N4O2S. The molecule has 0 spiro atoms. The maximum Gasteiger partial charge on any atom is 0.254 e. The molecule has 0 aliphatic rings. The van der Waals surface area contributed by atoms with Crippen molar-refractivity contribution in [1.29, 1.82) is 0 Å². The smallest absolute Gasteiger partial charge is 0.254 e. The largest absolute Gasteiger partial charge is 0.353 e. The standard InChI is InChI=1S/C18H32N4O2S/c1-7-22(8-2)11-9-10-13(3)19-17(24)15(5)25-18-20-14(4)12-16(23)21(18)6/h12-13,15H,7-11H2,1-6H3,(H,19,24). The molecule has 2 atom stereocenters. The Bertz CT molecular complexity index is 614. The van der Waals surface area contributed by atoms with E-state index < -0.39 is 0 Å². The number of nitrogens with zero attached hydrogens (tertiary/aromatic N) is 3. The molecule has 0 bridgehead atoms. The number of carbonyl (C=O) groups is 1. The Morgan fingerprint density at radius 2 is 2.00 bits per heavy atom. The lowest BCUT2D eigenvalue weighted by atomic mass is 10.1. The van der Waals surface area contributed by atoms with Gasteiger partial charge in [0.05, 0.1) is 5.25 Å². The first-order valence-corrected chi connectivity index (χ1v) is 9.90. The third-order valence-electron chi connectivity index (χ3n) is 4.27. The summed E-state index contributed by atoms with van der Waals surface area (Å²) in [4.78, 5) is 31.0. The fraction of sp³-hybridized carbons (Fsp3) is 0.722. The first-order chi connectivity index (χ1) is 11.8. The van der Waals surface area contributed by atoms with Crippen LogP contribution in [-0.2, 0) is 11.8 Å². The Morgan fingerprint density at radius 1 is 1.36 bits per heavy atom. The van der Waals surface area contributed by atoms with Crippen LogP contribution in [-0.4, -0.2) is 51.3 Å². The van der Waals surface area contributed by atoms with Crippen molar-refractivity contribution in [3.63, 3.8) is 0 Å². The van der Waals surface area contributed by atoms with E-state index in [0.717, 1.165) is 32.5 Å². The van der Waals surface area contributed by atoms with Gasteiger partial charge in [-0.3, -0.25) is 14.2 Å². The van der Waals surface area contributed by atoms with Crippen LogP contribution in [0.1, 0.15) is 46.2 Å². The fourth-order valence-corrected chi connectivity index (χ4v) is 3.47. The zero-order chi connectivity index (χ0) is 19.0. The molecule has 6 nitrogen and oxygen atoms in total. The van der Waals surface area contributed by atoms with Crippen LogP contribution >= 0.6 is 11.8 Å². The van der Waals surface area contributed by atoms with E-state index in [4.69, 9.17) is 0 Å². The summed E-state index contributed by atoms with van der Waals surface area (Å²) in [6.07, 6.45) is 2.03. The molecule has 2 unspecified atom stereocenters. The summed E-state index contributed by atoms with van der Waals surface area (Å²) in [7, 11) is 1.68. The van der Waals surface area contributed by atoms with E-state index in [1.54, 1.807) is 14.0 Å². The van der Waals surface area contributed by atoms with Crippen molar-refractivity contribution in [2.24, 2.45) is 7.05 Å². The number of amides is 1. The van der Waals surface area contributed by atoms with Crippen molar-refractivity contribution in [3.05, 3.63) is 22.1 Å². The van der Waals surface area contributed by atoms with Gasteiger partial charge in [0.1, 0.15) is 0 Å². The molecule has 0 fully saturated rings. The average Bonchev–Trinajstić information content (AvgIpc) is 2.56. The number of rotatable bonds is 10. The van der Waals surface area contributed by atoms with Gasteiger partial charge in [0.15, 0.2) is 5.16 Å². The number of nitrogens with one attached hydrogen (secondary N) is 1. The van der Waals surface area contributed by atoms with Crippen LogP contribution in [0.3, 0.4) is 0 Å². The molecule has 1 N–H and O–H groups in total. The number of aryl methyl sites for hydroxylation is 1. The maximum absolute atomic E-state index is 12.4. The topological polar surface area (TPSA) is 67.2 Å². The average molecular weight is 369 g/mol. The van der Waals surface area contributed by atoms with E-state index in [1.807, 2.05) is 13.8 Å². The first kappa shape index (κ1) is 21.7. The summed E-state index contributed by atoms with van der Waals surface area (Å²) in [5.74, 6) is -0.0175. The van der Waals surface area contributed by atoms with Gasteiger partial charge < -0.3 is 10.2 Å². The van der Waals surface area contributed by atoms with Crippen LogP contribution in [0, 0.1) is 6.92 Å². The highest BCUT2D eigenvalue weighted by atomic mass is 32.2. The van der Waals surface area contributed by atoms with Crippen LogP contribution in [0.5, 0.6) is 0 Å². The Kier molecular flexibility index (Phi) is 9.21. The van der Waals surface area contributed by atoms with Crippen LogP contribution in [0.25, 0.3) is 0 Å². The van der Waals surface area contributed by atoms with Crippen molar-refractivity contribution < 1.29 is 4.79 Å². The number of thioether (sulfide) groups is 1. The van der Waals surface area contributed by atoms with Gasteiger partial charge in [0.2, 0.25) is 5.91 Å². The lowest BCUT2D eigenvalue weighted by Gasteiger charge is -2.21. The van der Waals surface area contributed by atoms with Crippen molar-refractivity contribution in [1.82, 2.24) is 19.8 Å². The van der Waals surface area contributed by atoms with Crippen LogP contribution in [0.4, 0.5) is 0 Å². The molecule has 0 saturated heterocycles. The van der Waals surface area contributed by atoms with Gasteiger partial charge in [-0.2, -0.15) is 0 Å². The Hall–Kier alpha value is -1.34. The van der Waals surface area contributed by atoms with E-state index in [9.17, 15) is 9.59 Å². The second-order valence-electron chi connectivity index (χ2n) is 6.42. The van der Waals surface area contributed by atoms with Gasteiger partial charge in [0, 0.05) is 24.8 Å². The number of aromatic nitrogens is 2. The summed E-state index contributed by atoms with van der Waals surface area (Å²) in [5, 5.41) is 3.34. The minimum atomic E-state index is -0.301. The minimum Gasteiger partial charge on any atom is -0.353 e. The van der Waals surface area contributed by atoms with Crippen LogP contribution < -0.4 is 10.9 Å². The van der Waals surface area contributed by atoms with Gasteiger partial charge in [0.25, 0.3) is 5.56 Å². The van der Waals surface area contributed by atoms with Gasteiger partial charge in [-0.1, -0.05) is 25.6 Å². The van der Waals surface area contributed by atoms with Crippen LogP contribution in [0.2, 0.25) is 0 Å². The van der Waals surface area contributed by atoms with Gasteiger partial charge >= 0.3 is 0 Å². The maximum atomic E-state index is 12.4.